The molecule has 2 nitrogen and oxygen atoms in total. The molecule has 0 bridgehead atoms. The summed E-state index contributed by atoms with van der Waals surface area (Å²) in [6.45, 7) is 11.0. The quantitative estimate of drug-likeness (QED) is 0.780. The van der Waals surface area contributed by atoms with Gasteiger partial charge in [0, 0.05) is 12.5 Å². The fourth-order valence-corrected chi connectivity index (χ4v) is 4.53. The predicted molar refractivity (Wildman–Crippen MR) is 74.3 cm³/mol. The van der Waals surface area contributed by atoms with E-state index in [2.05, 4.69) is 27.4 Å². The van der Waals surface area contributed by atoms with Gasteiger partial charge in [-0.05, 0) is 43.4 Å². The van der Waals surface area contributed by atoms with E-state index < -0.39 is 0 Å². The van der Waals surface area contributed by atoms with Gasteiger partial charge >= 0.3 is 0 Å². The smallest absolute Gasteiger partial charge is 0.0628 e. The van der Waals surface area contributed by atoms with Gasteiger partial charge < -0.3 is 9.84 Å². The average Bonchev–Trinajstić information content (AvgIpc) is 2.65. The molecular weight excluding hydrogens is 224 g/mol. The molecule has 0 amide bonds. The lowest BCUT2D eigenvalue weighted by molar-refractivity contribution is -0.0433. The molecule has 0 radical (unpaired) electrons. The van der Waals surface area contributed by atoms with Crippen LogP contribution in [0.2, 0.25) is 0 Å². The summed E-state index contributed by atoms with van der Waals surface area (Å²) in [5.41, 5.74) is 1.37. The van der Waals surface area contributed by atoms with Gasteiger partial charge in [0.25, 0.3) is 0 Å². The Bertz CT molecular complexity index is 323. The SMILES string of the molecule is C=C1CC[C@@H](O)[C@]2(C)CC[C@@H]([C@@H](OC)C(C)C)[C@H]12. The lowest BCUT2D eigenvalue weighted by Crippen LogP contribution is -2.44. The summed E-state index contributed by atoms with van der Waals surface area (Å²) in [5, 5.41) is 10.4. The van der Waals surface area contributed by atoms with Gasteiger partial charge in [-0.2, -0.15) is 0 Å². The van der Waals surface area contributed by atoms with Crippen molar-refractivity contribution < 1.29 is 9.84 Å². The molecule has 0 aromatic rings. The molecule has 2 aliphatic carbocycles. The van der Waals surface area contributed by atoms with E-state index in [1.54, 1.807) is 0 Å². The minimum atomic E-state index is -0.164. The van der Waals surface area contributed by atoms with Crippen LogP contribution in [0.3, 0.4) is 0 Å². The number of rotatable bonds is 3. The molecular formula is C16H28O2. The summed E-state index contributed by atoms with van der Waals surface area (Å²) in [6, 6.07) is 0. The molecule has 5 atom stereocenters. The molecule has 2 saturated carbocycles. The molecule has 2 fully saturated rings. The molecule has 0 aromatic carbocycles. The van der Waals surface area contributed by atoms with Crippen molar-refractivity contribution in [1.82, 2.24) is 0 Å². The minimum Gasteiger partial charge on any atom is -0.393 e. The van der Waals surface area contributed by atoms with Crippen molar-refractivity contribution in [1.29, 1.82) is 0 Å². The summed E-state index contributed by atoms with van der Waals surface area (Å²) in [6.07, 6.45) is 4.26. The van der Waals surface area contributed by atoms with Crippen LogP contribution in [-0.4, -0.2) is 24.4 Å². The van der Waals surface area contributed by atoms with E-state index in [1.807, 2.05) is 7.11 Å². The average molecular weight is 252 g/mol. The van der Waals surface area contributed by atoms with E-state index in [4.69, 9.17) is 4.74 Å². The van der Waals surface area contributed by atoms with Crippen LogP contribution in [0.1, 0.15) is 46.5 Å². The summed E-state index contributed by atoms with van der Waals surface area (Å²) in [5.74, 6) is 1.49. The Morgan fingerprint density at radius 3 is 2.61 bits per heavy atom. The zero-order valence-electron chi connectivity index (χ0n) is 12.3. The van der Waals surface area contributed by atoms with E-state index >= 15 is 0 Å². The van der Waals surface area contributed by atoms with Gasteiger partial charge in [0.05, 0.1) is 12.2 Å². The first kappa shape index (κ1) is 14.1. The van der Waals surface area contributed by atoms with Gasteiger partial charge in [0.2, 0.25) is 0 Å². The van der Waals surface area contributed by atoms with Gasteiger partial charge in [-0.1, -0.05) is 32.9 Å². The lowest BCUT2D eigenvalue weighted by atomic mass is 9.62. The third-order valence-corrected chi connectivity index (χ3v) is 5.45. The highest BCUT2D eigenvalue weighted by Gasteiger charge is 2.54. The number of aliphatic hydroxyl groups excluding tert-OH is 1. The highest BCUT2D eigenvalue weighted by Crippen LogP contribution is 2.58. The molecule has 1 N–H and O–H groups in total. The summed E-state index contributed by atoms with van der Waals surface area (Å²) in [4.78, 5) is 0. The van der Waals surface area contributed by atoms with Crippen LogP contribution in [0.4, 0.5) is 0 Å². The van der Waals surface area contributed by atoms with Gasteiger partial charge in [0.1, 0.15) is 0 Å². The Balaban J connectivity index is 2.28. The zero-order chi connectivity index (χ0) is 13.5. The van der Waals surface area contributed by atoms with E-state index in [9.17, 15) is 5.11 Å². The van der Waals surface area contributed by atoms with Crippen molar-refractivity contribution in [3.05, 3.63) is 12.2 Å². The standard InChI is InChI=1S/C16H28O2/c1-10(2)15(18-5)12-8-9-16(4)13(17)7-6-11(3)14(12)16/h10,12-15,17H,3,6-9H2,1-2,4-5H3/t12-,13-,14+,15+,16+/m1/s1. The Morgan fingerprint density at radius 2 is 2.06 bits per heavy atom. The van der Waals surface area contributed by atoms with Gasteiger partial charge in [-0.15, -0.1) is 0 Å². The predicted octanol–water partition coefficient (Wildman–Crippen LogP) is 3.40. The largest absolute Gasteiger partial charge is 0.393 e. The molecule has 0 heterocycles. The molecule has 0 aliphatic heterocycles. The van der Waals surface area contributed by atoms with E-state index in [0.29, 0.717) is 23.9 Å². The first-order chi connectivity index (χ1) is 8.41. The first-order valence-electron chi connectivity index (χ1n) is 7.30. The minimum absolute atomic E-state index is 0.0334. The van der Waals surface area contributed by atoms with Crippen molar-refractivity contribution in [2.45, 2.75) is 58.7 Å². The van der Waals surface area contributed by atoms with E-state index in [1.165, 1.54) is 5.57 Å². The van der Waals surface area contributed by atoms with E-state index in [0.717, 1.165) is 25.7 Å². The molecule has 2 heteroatoms. The first-order valence-corrected chi connectivity index (χ1v) is 7.30. The Labute approximate surface area is 111 Å². The number of hydrogen-bond acceptors (Lipinski definition) is 2. The number of ether oxygens (including phenoxy) is 1. The highest BCUT2D eigenvalue weighted by atomic mass is 16.5. The van der Waals surface area contributed by atoms with Crippen LogP contribution in [0, 0.1) is 23.2 Å². The fraction of sp³-hybridized carbons (Fsp3) is 0.875. The Morgan fingerprint density at radius 1 is 1.39 bits per heavy atom. The number of allylic oxidation sites excluding steroid dienone is 1. The molecule has 104 valence electrons. The van der Waals surface area contributed by atoms with Gasteiger partial charge in [-0.25, -0.2) is 0 Å². The number of hydrogen-bond donors (Lipinski definition) is 1. The van der Waals surface area contributed by atoms with Crippen LogP contribution >= 0.6 is 0 Å². The van der Waals surface area contributed by atoms with Crippen LogP contribution in [0.15, 0.2) is 12.2 Å². The van der Waals surface area contributed by atoms with Crippen LogP contribution in [0.25, 0.3) is 0 Å². The van der Waals surface area contributed by atoms with Crippen LogP contribution < -0.4 is 0 Å². The maximum Gasteiger partial charge on any atom is 0.0628 e. The second-order valence-corrected chi connectivity index (χ2v) is 6.84. The van der Waals surface area contributed by atoms with Gasteiger partial charge in [-0.3, -0.25) is 0 Å². The second kappa shape index (κ2) is 4.97. The molecule has 18 heavy (non-hydrogen) atoms. The molecule has 0 aromatic heterocycles. The highest BCUT2D eigenvalue weighted by molar-refractivity contribution is 5.18. The molecule has 2 aliphatic rings. The topological polar surface area (TPSA) is 29.5 Å². The second-order valence-electron chi connectivity index (χ2n) is 6.84. The maximum absolute atomic E-state index is 10.4. The van der Waals surface area contributed by atoms with Crippen LogP contribution in [0.5, 0.6) is 0 Å². The van der Waals surface area contributed by atoms with Crippen molar-refractivity contribution in [3.63, 3.8) is 0 Å². The van der Waals surface area contributed by atoms with E-state index in [-0.39, 0.29) is 11.5 Å². The third kappa shape index (κ3) is 2.04. The monoisotopic (exact) mass is 252 g/mol. The van der Waals surface area contributed by atoms with Crippen molar-refractivity contribution in [2.24, 2.45) is 23.2 Å². The molecule has 0 unspecified atom stereocenters. The zero-order valence-corrected chi connectivity index (χ0v) is 12.3. The lowest BCUT2D eigenvalue weighted by Gasteiger charge is -2.45. The summed E-state index contributed by atoms with van der Waals surface area (Å²) >= 11 is 0. The van der Waals surface area contributed by atoms with Crippen molar-refractivity contribution in [2.75, 3.05) is 7.11 Å². The van der Waals surface area contributed by atoms with Gasteiger partial charge in [0.15, 0.2) is 0 Å². The number of aliphatic hydroxyl groups is 1. The van der Waals surface area contributed by atoms with Crippen LogP contribution in [-0.2, 0) is 4.74 Å². The third-order valence-electron chi connectivity index (χ3n) is 5.45. The van der Waals surface area contributed by atoms with Crippen molar-refractivity contribution >= 4 is 0 Å². The normalized spacial score (nSPS) is 42.1. The molecule has 0 spiro atoms. The fourth-order valence-electron chi connectivity index (χ4n) is 4.53. The Hall–Kier alpha value is -0.340. The van der Waals surface area contributed by atoms with Crippen molar-refractivity contribution in [3.8, 4) is 0 Å². The number of fused-ring (bicyclic) bond motifs is 1. The molecule has 2 rings (SSSR count). The summed E-state index contributed by atoms with van der Waals surface area (Å²) < 4.78 is 5.75. The maximum atomic E-state index is 10.4. The Kier molecular flexibility index (Phi) is 3.89. The molecule has 0 saturated heterocycles. The number of methoxy groups -OCH3 is 1. The summed E-state index contributed by atoms with van der Waals surface area (Å²) in [7, 11) is 1.82.